The maximum Gasteiger partial charge on any atom is 0.271 e. The molecular weight excluding hydrogens is 424 g/mol. The molecule has 0 atom stereocenters. The van der Waals surface area contributed by atoms with E-state index in [0.717, 1.165) is 46.5 Å². The Morgan fingerprint density at radius 3 is 2.16 bits per heavy atom. The van der Waals surface area contributed by atoms with Gasteiger partial charge in [0.2, 0.25) is 0 Å². The molecule has 8 heteroatoms. The van der Waals surface area contributed by atoms with Gasteiger partial charge < -0.3 is 19.3 Å². The van der Waals surface area contributed by atoms with Gasteiger partial charge in [0.05, 0.1) is 19.9 Å². The first-order valence-corrected chi connectivity index (χ1v) is 11.3. The highest BCUT2D eigenvalue weighted by atomic mass is 32.1. The van der Waals surface area contributed by atoms with Crippen molar-refractivity contribution in [1.29, 1.82) is 0 Å². The highest BCUT2D eigenvalue weighted by Gasteiger charge is 2.25. The van der Waals surface area contributed by atoms with Crippen LogP contribution in [0.15, 0.2) is 60.1 Å². The molecule has 0 radical (unpaired) electrons. The molecule has 0 spiro atoms. The van der Waals surface area contributed by atoms with Gasteiger partial charge in [0.1, 0.15) is 17.2 Å². The van der Waals surface area contributed by atoms with E-state index < -0.39 is 0 Å². The Labute approximate surface area is 190 Å². The molecule has 2 aromatic heterocycles. The van der Waals surface area contributed by atoms with Crippen LogP contribution in [0.25, 0.3) is 16.2 Å². The summed E-state index contributed by atoms with van der Waals surface area (Å²) in [5.41, 5.74) is 3.65. The van der Waals surface area contributed by atoms with Crippen LogP contribution in [-0.2, 0) is 0 Å². The van der Waals surface area contributed by atoms with E-state index in [0.29, 0.717) is 18.8 Å². The van der Waals surface area contributed by atoms with E-state index in [9.17, 15) is 4.79 Å². The average Bonchev–Trinajstić information content (AvgIpc) is 3.45. The van der Waals surface area contributed by atoms with Crippen LogP contribution in [0.1, 0.15) is 10.5 Å². The fourth-order valence-electron chi connectivity index (χ4n) is 3.96. The number of carbonyl (C=O) groups excluding carboxylic acids is 1. The fourth-order valence-corrected chi connectivity index (χ4v) is 4.81. The standard InChI is InChI=1S/C24H24N4O3S/c1-30-19-7-3-17(4-8-19)21-15-28-22(16-32-24(28)25-21)23(29)27-13-11-26(12-14-27)18-5-9-20(31-2)10-6-18/h3-10,15-16H,11-14H2,1-2H3. The number of hydrogen-bond donors (Lipinski definition) is 0. The number of imidazole rings is 1. The van der Waals surface area contributed by atoms with Crippen molar-refractivity contribution in [3.63, 3.8) is 0 Å². The van der Waals surface area contributed by atoms with Crippen molar-refractivity contribution in [2.75, 3.05) is 45.3 Å². The number of fused-ring (bicyclic) bond motifs is 1. The molecule has 3 heterocycles. The summed E-state index contributed by atoms with van der Waals surface area (Å²) >= 11 is 1.49. The van der Waals surface area contributed by atoms with Crippen molar-refractivity contribution in [2.24, 2.45) is 0 Å². The molecule has 0 saturated carbocycles. The van der Waals surface area contributed by atoms with Crippen LogP contribution >= 0.6 is 11.3 Å². The number of thiazole rings is 1. The largest absolute Gasteiger partial charge is 0.497 e. The summed E-state index contributed by atoms with van der Waals surface area (Å²) in [5, 5.41) is 1.90. The lowest BCUT2D eigenvalue weighted by Gasteiger charge is -2.36. The minimum Gasteiger partial charge on any atom is -0.497 e. The number of hydrogen-bond acceptors (Lipinski definition) is 6. The number of methoxy groups -OCH3 is 2. The third kappa shape index (κ3) is 3.78. The second-order valence-electron chi connectivity index (χ2n) is 7.61. The second kappa shape index (κ2) is 8.55. The number of carbonyl (C=O) groups is 1. The average molecular weight is 449 g/mol. The van der Waals surface area contributed by atoms with Gasteiger partial charge in [0, 0.05) is 49.0 Å². The van der Waals surface area contributed by atoms with E-state index in [2.05, 4.69) is 17.0 Å². The van der Waals surface area contributed by atoms with Crippen LogP contribution in [0.4, 0.5) is 5.69 Å². The number of rotatable bonds is 5. The molecule has 4 aromatic rings. The summed E-state index contributed by atoms with van der Waals surface area (Å²) in [4.78, 5) is 23.0. The van der Waals surface area contributed by atoms with E-state index in [4.69, 9.17) is 14.5 Å². The molecule has 0 N–H and O–H groups in total. The van der Waals surface area contributed by atoms with Crippen molar-refractivity contribution in [1.82, 2.24) is 14.3 Å². The summed E-state index contributed by atoms with van der Waals surface area (Å²) in [6, 6.07) is 15.8. The molecule has 1 aliphatic rings. The van der Waals surface area contributed by atoms with Gasteiger partial charge in [0.25, 0.3) is 5.91 Å². The SMILES string of the molecule is COc1ccc(-c2cn3c(C(=O)N4CCN(c5ccc(OC)cc5)CC4)csc3n2)cc1. The number of anilines is 1. The molecule has 5 rings (SSSR count). The van der Waals surface area contributed by atoms with Crippen LogP contribution in [0, 0.1) is 0 Å². The lowest BCUT2D eigenvalue weighted by atomic mass is 10.2. The Hall–Kier alpha value is -3.52. The molecule has 1 saturated heterocycles. The maximum atomic E-state index is 13.3. The third-order valence-corrected chi connectivity index (χ3v) is 6.66. The number of amides is 1. The van der Waals surface area contributed by atoms with E-state index in [1.807, 2.05) is 57.3 Å². The number of ether oxygens (including phenoxy) is 2. The van der Waals surface area contributed by atoms with Crippen molar-refractivity contribution in [3.8, 4) is 22.8 Å². The van der Waals surface area contributed by atoms with Crippen molar-refractivity contribution in [3.05, 3.63) is 65.8 Å². The molecule has 0 bridgehead atoms. The molecule has 0 unspecified atom stereocenters. The van der Waals surface area contributed by atoms with Gasteiger partial charge in [-0.05, 0) is 48.5 Å². The van der Waals surface area contributed by atoms with Gasteiger partial charge in [-0.2, -0.15) is 0 Å². The van der Waals surface area contributed by atoms with Gasteiger partial charge in [-0.25, -0.2) is 4.98 Å². The minimum atomic E-state index is 0.0457. The molecule has 2 aromatic carbocycles. The van der Waals surface area contributed by atoms with E-state index in [1.165, 1.54) is 11.3 Å². The zero-order valence-electron chi connectivity index (χ0n) is 18.0. The van der Waals surface area contributed by atoms with Crippen LogP contribution in [0.5, 0.6) is 11.5 Å². The summed E-state index contributed by atoms with van der Waals surface area (Å²) in [6.45, 7) is 2.96. The molecule has 0 aliphatic carbocycles. The number of benzene rings is 2. The van der Waals surface area contributed by atoms with E-state index >= 15 is 0 Å². The molecule has 1 aliphatic heterocycles. The number of piperazine rings is 1. The zero-order valence-corrected chi connectivity index (χ0v) is 18.8. The quantitative estimate of drug-likeness (QED) is 0.461. The Bertz CT molecular complexity index is 1220. The minimum absolute atomic E-state index is 0.0457. The maximum absolute atomic E-state index is 13.3. The zero-order chi connectivity index (χ0) is 22.1. The smallest absolute Gasteiger partial charge is 0.271 e. The predicted molar refractivity (Wildman–Crippen MR) is 126 cm³/mol. The molecule has 1 fully saturated rings. The Balaban J connectivity index is 1.30. The monoisotopic (exact) mass is 448 g/mol. The first-order chi connectivity index (χ1) is 15.7. The predicted octanol–water partition coefficient (Wildman–Crippen LogP) is 4.04. The molecule has 164 valence electrons. The molecule has 7 nitrogen and oxygen atoms in total. The van der Waals surface area contributed by atoms with Gasteiger partial charge in [0.15, 0.2) is 4.96 Å². The molecule has 32 heavy (non-hydrogen) atoms. The first-order valence-electron chi connectivity index (χ1n) is 10.5. The summed E-state index contributed by atoms with van der Waals surface area (Å²) in [6.07, 6.45) is 1.94. The van der Waals surface area contributed by atoms with Crippen molar-refractivity contribution < 1.29 is 14.3 Å². The van der Waals surface area contributed by atoms with Gasteiger partial charge in [-0.15, -0.1) is 11.3 Å². The summed E-state index contributed by atoms with van der Waals surface area (Å²) in [7, 11) is 3.32. The van der Waals surface area contributed by atoms with Crippen LogP contribution in [0.3, 0.4) is 0 Å². The van der Waals surface area contributed by atoms with Crippen molar-refractivity contribution in [2.45, 2.75) is 0 Å². The highest BCUT2D eigenvalue weighted by Crippen LogP contribution is 2.26. The third-order valence-electron chi connectivity index (χ3n) is 5.82. The van der Waals surface area contributed by atoms with Gasteiger partial charge in [-0.1, -0.05) is 0 Å². The van der Waals surface area contributed by atoms with E-state index in [1.54, 1.807) is 14.2 Å². The normalized spacial score (nSPS) is 14.1. The van der Waals surface area contributed by atoms with Crippen molar-refractivity contribution >= 4 is 27.9 Å². The summed E-state index contributed by atoms with van der Waals surface area (Å²) < 4.78 is 12.4. The molecule has 1 amide bonds. The lowest BCUT2D eigenvalue weighted by Crippen LogP contribution is -2.49. The lowest BCUT2D eigenvalue weighted by molar-refractivity contribution is 0.0740. The van der Waals surface area contributed by atoms with Crippen LogP contribution < -0.4 is 14.4 Å². The topological polar surface area (TPSA) is 59.3 Å². The van der Waals surface area contributed by atoms with Gasteiger partial charge >= 0.3 is 0 Å². The Morgan fingerprint density at radius 2 is 1.53 bits per heavy atom. The number of nitrogens with zero attached hydrogens (tertiary/aromatic N) is 4. The highest BCUT2D eigenvalue weighted by molar-refractivity contribution is 7.15. The van der Waals surface area contributed by atoms with Crippen LogP contribution in [-0.4, -0.2) is 60.6 Å². The van der Waals surface area contributed by atoms with Gasteiger partial charge in [-0.3, -0.25) is 9.20 Å². The molecular formula is C24H24N4O3S. The fraction of sp³-hybridized carbons (Fsp3) is 0.250. The number of aromatic nitrogens is 2. The first kappa shape index (κ1) is 20.4. The summed E-state index contributed by atoms with van der Waals surface area (Å²) in [5.74, 6) is 1.70. The Morgan fingerprint density at radius 1 is 0.906 bits per heavy atom. The second-order valence-corrected chi connectivity index (χ2v) is 8.44. The Kier molecular flexibility index (Phi) is 5.45. The van der Waals surface area contributed by atoms with Crippen LogP contribution in [0.2, 0.25) is 0 Å². The van der Waals surface area contributed by atoms with E-state index in [-0.39, 0.29) is 5.91 Å².